The molecule has 0 spiro atoms. The van der Waals surface area contributed by atoms with Gasteiger partial charge in [0.25, 0.3) is 5.88 Å². The fraction of sp³-hybridized carbons (Fsp3) is 0.0476. The number of carboxylic acids is 1. The number of rotatable bonds is 5. The largest absolute Gasteiger partial charge is 0.478 e. The molecule has 2 aliphatic heterocycles. The molecule has 0 radical (unpaired) electrons. The number of nitrogens with two attached hydrogens (primary N) is 1. The monoisotopic (exact) mass is 460 g/mol. The van der Waals surface area contributed by atoms with Gasteiger partial charge in [-0.05, 0) is 30.3 Å². The molecule has 4 rings (SSSR count). The van der Waals surface area contributed by atoms with Gasteiger partial charge in [0.1, 0.15) is 29.3 Å². The van der Waals surface area contributed by atoms with E-state index >= 15 is 0 Å². The maximum absolute atomic E-state index is 11.9. The van der Waals surface area contributed by atoms with Crippen molar-refractivity contribution in [1.29, 1.82) is 10.7 Å². The molecule has 170 valence electrons. The number of nitrogens with zero attached hydrogens (tertiary/aromatic N) is 3. The Morgan fingerprint density at radius 2 is 2.06 bits per heavy atom. The SMILES string of the molecule is N#Cc1ccc(C(=O)O)c(OC2=C3NC(=O)CN=C3NC(Oc3cccc(NC(=N)N)c3)=N2)c1. The van der Waals surface area contributed by atoms with Crippen molar-refractivity contribution in [2.75, 3.05) is 11.9 Å². The van der Waals surface area contributed by atoms with Gasteiger partial charge in [0, 0.05) is 11.8 Å². The average molecular weight is 460 g/mol. The number of aromatic carboxylic acids is 1. The maximum atomic E-state index is 11.9. The lowest BCUT2D eigenvalue weighted by molar-refractivity contribution is -0.119. The molecular weight excluding hydrogens is 444 g/mol. The van der Waals surface area contributed by atoms with Crippen LogP contribution in [-0.4, -0.2) is 41.3 Å². The summed E-state index contributed by atoms with van der Waals surface area (Å²) in [4.78, 5) is 31.9. The molecular formula is C21H16N8O5. The summed E-state index contributed by atoms with van der Waals surface area (Å²) in [6.07, 6.45) is 0. The quantitative estimate of drug-likeness (QED) is 0.273. The molecule has 13 nitrogen and oxygen atoms in total. The number of hydrogen-bond acceptors (Lipinski definition) is 9. The molecule has 2 heterocycles. The highest BCUT2D eigenvalue weighted by atomic mass is 16.5. The molecule has 0 bridgehead atoms. The summed E-state index contributed by atoms with van der Waals surface area (Å²) in [5.74, 6) is -1.81. The van der Waals surface area contributed by atoms with Gasteiger partial charge in [-0.2, -0.15) is 10.3 Å². The molecule has 0 aliphatic carbocycles. The van der Waals surface area contributed by atoms with E-state index < -0.39 is 11.9 Å². The molecule has 13 heteroatoms. The number of carbonyl (C=O) groups excluding carboxylic acids is 1. The van der Waals surface area contributed by atoms with Crippen molar-refractivity contribution in [2.24, 2.45) is 15.7 Å². The van der Waals surface area contributed by atoms with Crippen molar-refractivity contribution in [1.82, 2.24) is 10.6 Å². The number of fused-ring (bicyclic) bond motifs is 1. The minimum absolute atomic E-state index is 0.0781. The normalized spacial score (nSPS) is 14.4. The van der Waals surface area contributed by atoms with E-state index in [0.29, 0.717) is 11.4 Å². The van der Waals surface area contributed by atoms with Crippen LogP contribution < -0.4 is 31.2 Å². The van der Waals surface area contributed by atoms with Crippen LogP contribution in [0.25, 0.3) is 0 Å². The summed E-state index contributed by atoms with van der Waals surface area (Å²) in [6.45, 7) is -0.158. The second-order valence-corrected chi connectivity index (χ2v) is 6.83. The Balaban J connectivity index is 1.71. The third kappa shape index (κ3) is 4.75. The van der Waals surface area contributed by atoms with Crippen molar-refractivity contribution >= 4 is 35.4 Å². The lowest BCUT2D eigenvalue weighted by Gasteiger charge is -2.25. The molecule has 0 saturated heterocycles. The van der Waals surface area contributed by atoms with Crippen LogP contribution in [0.1, 0.15) is 15.9 Å². The zero-order valence-electron chi connectivity index (χ0n) is 17.2. The lowest BCUT2D eigenvalue weighted by atomic mass is 10.1. The number of anilines is 1. The molecule has 1 amide bonds. The van der Waals surface area contributed by atoms with Gasteiger partial charge in [0.15, 0.2) is 11.8 Å². The van der Waals surface area contributed by atoms with Gasteiger partial charge in [0.05, 0.1) is 11.6 Å². The van der Waals surface area contributed by atoms with Gasteiger partial charge in [-0.1, -0.05) is 6.07 Å². The molecule has 0 fully saturated rings. The zero-order valence-corrected chi connectivity index (χ0v) is 17.2. The molecule has 2 aromatic rings. The number of nitrogens with one attached hydrogen (secondary N) is 4. The van der Waals surface area contributed by atoms with Gasteiger partial charge < -0.3 is 30.9 Å². The van der Waals surface area contributed by atoms with E-state index in [-0.39, 0.29) is 52.8 Å². The topological polar surface area (TPSA) is 207 Å². The Morgan fingerprint density at radius 3 is 2.79 bits per heavy atom. The maximum Gasteiger partial charge on any atom is 0.339 e. The highest BCUT2D eigenvalue weighted by Gasteiger charge is 2.29. The van der Waals surface area contributed by atoms with E-state index in [1.54, 1.807) is 24.3 Å². The first-order valence-corrected chi connectivity index (χ1v) is 9.61. The average Bonchev–Trinajstić information content (AvgIpc) is 2.79. The molecule has 0 aromatic heterocycles. The van der Waals surface area contributed by atoms with Crippen LogP contribution in [-0.2, 0) is 4.79 Å². The van der Waals surface area contributed by atoms with Gasteiger partial charge in [-0.3, -0.25) is 20.5 Å². The van der Waals surface area contributed by atoms with E-state index in [1.165, 1.54) is 18.2 Å². The highest BCUT2D eigenvalue weighted by molar-refractivity contribution is 6.13. The van der Waals surface area contributed by atoms with E-state index in [2.05, 4.69) is 25.9 Å². The number of aliphatic imine (C=N–C) groups is 2. The summed E-state index contributed by atoms with van der Waals surface area (Å²) >= 11 is 0. The smallest absolute Gasteiger partial charge is 0.339 e. The fourth-order valence-corrected chi connectivity index (χ4v) is 2.99. The summed E-state index contributed by atoms with van der Waals surface area (Å²) in [6, 6.07) is 12.2. The van der Waals surface area contributed by atoms with Crippen molar-refractivity contribution < 1.29 is 24.2 Å². The number of hydrogen-bond donors (Lipinski definition) is 6. The van der Waals surface area contributed by atoms with Gasteiger partial charge in [-0.15, -0.1) is 0 Å². The number of carbonyl (C=O) groups is 2. The Labute approximate surface area is 191 Å². The predicted octanol–water partition coefficient (Wildman–Crippen LogP) is 0.676. The number of ether oxygens (including phenoxy) is 2. The van der Waals surface area contributed by atoms with Crippen molar-refractivity contribution in [2.45, 2.75) is 0 Å². The summed E-state index contributed by atoms with van der Waals surface area (Å²) in [5.41, 5.74) is 5.87. The first kappa shape index (κ1) is 21.8. The number of amidine groups is 2. The first-order chi connectivity index (χ1) is 16.3. The Morgan fingerprint density at radius 1 is 1.24 bits per heavy atom. The molecule has 0 saturated carbocycles. The second kappa shape index (κ2) is 9.01. The van der Waals surface area contributed by atoms with Crippen LogP contribution >= 0.6 is 0 Å². The zero-order chi connectivity index (χ0) is 24.2. The van der Waals surface area contributed by atoms with Crippen molar-refractivity contribution in [3.8, 4) is 17.6 Å². The number of amides is 1. The summed E-state index contributed by atoms with van der Waals surface area (Å²) in [7, 11) is 0. The molecule has 2 aliphatic rings. The minimum Gasteiger partial charge on any atom is -0.478 e. The highest BCUT2D eigenvalue weighted by Crippen LogP contribution is 2.26. The van der Waals surface area contributed by atoms with Crippen LogP contribution in [0.4, 0.5) is 5.69 Å². The van der Waals surface area contributed by atoms with Crippen molar-refractivity contribution in [3.63, 3.8) is 0 Å². The number of benzene rings is 2. The number of carboxylic acid groups (broad SMARTS) is 1. The molecule has 0 atom stereocenters. The van der Waals surface area contributed by atoms with E-state index in [1.807, 2.05) is 6.07 Å². The van der Waals surface area contributed by atoms with Crippen LogP contribution in [0.3, 0.4) is 0 Å². The number of guanidine groups is 1. The Kier molecular flexibility index (Phi) is 5.78. The van der Waals surface area contributed by atoms with Crippen LogP contribution in [0, 0.1) is 16.7 Å². The van der Waals surface area contributed by atoms with Gasteiger partial charge >= 0.3 is 12.0 Å². The molecule has 0 unspecified atom stereocenters. The minimum atomic E-state index is -1.28. The standard InChI is InChI=1S/C21H16N8O5/c22-8-10-4-5-13(19(31)32)14(6-10)34-18-16-17(25-9-15(30)27-16)28-21(29-18)33-12-3-1-2-11(7-12)26-20(23)24/h1-7H,9H2,(H,27,30)(H,31,32)(H4,23,24,26)(H,25,28,29). The Bertz CT molecular complexity index is 1360. The second-order valence-electron chi connectivity index (χ2n) is 6.83. The predicted molar refractivity (Wildman–Crippen MR) is 119 cm³/mol. The fourth-order valence-electron chi connectivity index (χ4n) is 2.99. The van der Waals surface area contributed by atoms with Crippen LogP contribution in [0.15, 0.2) is 64.0 Å². The van der Waals surface area contributed by atoms with Crippen LogP contribution in [0.5, 0.6) is 11.5 Å². The third-order valence-corrected chi connectivity index (χ3v) is 4.40. The molecule has 7 N–H and O–H groups in total. The first-order valence-electron chi connectivity index (χ1n) is 9.61. The van der Waals surface area contributed by atoms with Gasteiger partial charge in [-0.25, -0.2) is 4.79 Å². The third-order valence-electron chi connectivity index (χ3n) is 4.40. The lowest BCUT2D eigenvalue weighted by Crippen LogP contribution is -2.48. The van der Waals surface area contributed by atoms with Crippen molar-refractivity contribution in [3.05, 3.63) is 65.2 Å². The van der Waals surface area contributed by atoms with E-state index in [0.717, 1.165) is 0 Å². The number of nitriles is 1. The van der Waals surface area contributed by atoms with E-state index in [4.69, 9.17) is 20.6 Å². The Hall–Kier alpha value is -5.38. The molecule has 2 aromatic carbocycles. The summed E-state index contributed by atoms with van der Waals surface area (Å²) < 4.78 is 11.5. The van der Waals surface area contributed by atoms with Gasteiger partial charge in [0.2, 0.25) is 5.91 Å². The van der Waals surface area contributed by atoms with E-state index in [9.17, 15) is 20.0 Å². The van der Waals surface area contributed by atoms with Crippen LogP contribution in [0.2, 0.25) is 0 Å². The summed E-state index contributed by atoms with van der Waals surface area (Å²) in [5, 5.41) is 34.1. The molecule has 34 heavy (non-hydrogen) atoms.